The standard InChI is InChI=1S/C16H31N3O4/c1-8-11(2)14(15(22)23-7)17-12(20)9-19(6)10-13(21)18-16(3,4)5/h11,14H,8-10H2,1-7H3,(H,17,20)(H,18,21)/t11-,14+/m1/s1. The zero-order valence-electron chi connectivity index (χ0n) is 15.4. The fourth-order valence-electron chi connectivity index (χ4n) is 2.02. The monoisotopic (exact) mass is 329 g/mol. The van der Waals surface area contributed by atoms with Gasteiger partial charge in [-0.15, -0.1) is 0 Å². The highest BCUT2D eigenvalue weighted by molar-refractivity contribution is 5.86. The van der Waals surface area contributed by atoms with E-state index in [4.69, 9.17) is 4.74 Å². The topological polar surface area (TPSA) is 87.7 Å². The third-order valence-corrected chi connectivity index (χ3v) is 3.33. The molecule has 134 valence electrons. The summed E-state index contributed by atoms with van der Waals surface area (Å²) in [4.78, 5) is 37.3. The minimum Gasteiger partial charge on any atom is -0.467 e. The number of nitrogens with one attached hydrogen (secondary N) is 2. The molecule has 7 nitrogen and oxygen atoms in total. The second-order valence-electron chi connectivity index (χ2n) is 6.92. The third-order valence-electron chi connectivity index (χ3n) is 3.33. The molecule has 0 saturated carbocycles. The molecule has 0 spiro atoms. The summed E-state index contributed by atoms with van der Waals surface area (Å²) in [6, 6.07) is -0.672. The van der Waals surface area contributed by atoms with E-state index in [2.05, 4.69) is 10.6 Å². The van der Waals surface area contributed by atoms with E-state index < -0.39 is 12.0 Å². The quantitative estimate of drug-likeness (QED) is 0.635. The van der Waals surface area contributed by atoms with Gasteiger partial charge in [0.2, 0.25) is 11.8 Å². The van der Waals surface area contributed by atoms with Gasteiger partial charge in [0.25, 0.3) is 0 Å². The number of amides is 2. The minimum absolute atomic E-state index is 0.0269. The first kappa shape index (κ1) is 21.4. The van der Waals surface area contributed by atoms with Crippen molar-refractivity contribution >= 4 is 17.8 Å². The third kappa shape index (κ3) is 9.18. The van der Waals surface area contributed by atoms with Gasteiger partial charge >= 0.3 is 5.97 Å². The Morgan fingerprint density at radius 1 is 1.13 bits per heavy atom. The van der Waals surface area contributed by atoms with E-state index in [9.17, 15) is 14.4 Å². The summed E-state index contributed by atoms with van der Waals surface area (Å²) in [5.74, 6) is -0.951. The largest absolute Gasteiger partial charge is 0.467 e. The average Bonchev–Trinajstić information content (AvgIpc) is 2.40. The zero-order chi connectivity index (χ0) is 18.2. The molecule has 7 heteroatoms. The molecule has 0 saturated heterocycles. The first-order chi connectivity index (χ1) is 10.5. The van der Waals surface area contributed by atoms with Gasteiger partial charge in [-0.2, -0.15) is 0 Å². The first-order valence-electron chi connectivity index (χ1n) is 7.86. The number of rotatable bonds is 8. The van der Waals surface area contributed by atoms with Crippen molar-refractivity contribution in [1.82, 2.24) is 15.5 Å². The van der Waals surface area contributed by atoms with E-state index in [1.165, 1.54) is 7.11 Å². The molecule has 0 unspecified atom stereocenters. The molecule has 0 aromatic carbocycles. The fourth-order valence-corrected chi connectivity index (χ4v) is 2.02. The molecule has 0 rings (SSSR count). The molecular formula is C16H31N3O4. The maximum absolute atomic E-state index is 12.1. The lowest BCUT2D eigenvalue weighted by atomic mass is 9.99. The Morgan fingerprint density at radius 3 is 2.09 bits per heavy atom. The molecule has 23 heavy (non-hydrogen) atoms. The Hall–Kier alpha value is -1.63. The Balaban J connectivity index is 4.50. The molecule has 2 atom stereocenters. The van der Waals surface area contributed by atoms with Crippen molar-refractivity contribution in [3.05, 3.63) is 0 Å². The van der Waals surface area contributed by atoms with Gasteiger partial charge in [0, 0.05) is 5.54 Å². The van der Waals surface area contributed by atoms with Crippen LogP contribution in [0.25, 0.3) is 0 Å². The summed E-state index contributed by atoms with van der Waals surface area (Å²) in [5, 5.41) is 5.52. The number of carbonyl (C=O) groups excluding carboxylic acids is 3. The highest BCUT2D eigenvalue weighted by Crippen LogP contribution is 2.09. The number of esters is 1. The van der Waals surface area contributed by atoms with Crippen molar-refractivity contribution in [2.45, 2.75) is 52.6 Å². The summed E-state index contributed by atoms with van der Waals surface area (Å²) in [6.07, 6.45) is 0.740. The van der Waals surface area contributed by atoms with Crippen LogP contribution in [-0.4, -0.2) is 61.5 Å². The smallest absolute Gasteiger partial charge is 0.328 e. The fraction of sp³-hybridized carbons (Fsp3) is 0.812. The van der Waals surface area contributed by atoms with Gasteiger partial charge in [-0.1, -0.05) is 20.3 Å². The van der Waals surface area contributed by atoms with Crippen LogP contribution >= 0.6 is 0 Å². The molecule has 0 fully saturated rings. The summed E-state index contributed by atoms with van der Waals surface area (Å²) in [6.45, 7) is 9.64. The number of likely N-dealkylation sites (N-methyl/N-ethyl adjacent to an activating group) is 1. The van der Waals surface area contributed by atoms with Crippen molar-refractivity contribution in [2.24, 2.45) is 5.92 Å². The summed E-state index contributed by atoms with van der Waals surface area (Å²) in [5.41, 5.74) is -0.313. The Kier molecular flexibility index (Phi) is 8.82. The van der Waals surface area contributed by atoms with E-state index in [1.54, 1.807) is 11.9 Å². The predicted octanol–water partition coefficient (Wildman–Crippen LogP) is 0.537. The second kappa shape index (κ2) is 9.50. The van der Waals surface area contributed by atoms with Gasteiger partial charge in [0.1, 0.15) is 6.04 Å². The van der Waals surface area contributed by atoms with Gasteiger partial charge in [0.05, 0.1) is 20.2 Å². The van der Waals surface area contributed by atoms with Gasteiger partial charge in [-0.05, 0) is 33.7 Å². The zero-order valence-corrected chi connectivity index (χ0v) is 15.4. The van der Waals surface area contributed by atoms with E-state index in [-0.39, 0.29) is 36.4 Å². The van der Waals surface area contributed by atoms with Gasteiger partial charge in [-0.25, -0.2) is 4.79 Å². The van der Waals surface area contributed by atoms with Crippen LogP contribution in [0.2, 0.25) is 0 Å². The molecule has 0 aliphatic carbocycles. The molecule has 0 aliphatic heterocycles. The second-order valence-corrected chi connectivity index (χ2v) is 6.92. The van der Waals surface area contributed by atoms with Crippen molar-refractivity contribution in [2.75, 3.05) is 27.2 Å². The molecule has 0 aromatic heterocycles. The van der Waals surface area contributed by atoms with Gasteiger partial charge in [0.15, 0.2) is 0 Å². The summed E-state index contributed by atoms with van der Waals surface area (Å²) in [7, 11) is 2.98. The van der Waals surface area contributed by atoms with Crippen LogP contribution in [0, 0.1) is 5.92 Å². The number of carbonyl (C=O) groups is 3. The summed E-state index contributed by atoms with van der Waals surface area (Å²) < 4.78 is 4.73. The molecule has 0 aliphatic rings. The lowest BCUT2D eigenvalue weighted by Crippen LogP contribution is -2.50. The maximum Gasteiger partial charge on any atom is 0.328 e. The van der Waals surface area contributed by atoms with Crippen LogP contribution in [0.4, 0.5) is 0 Å². The van der Waals surface area contributed by atoms with Crippen LogP contribution in [0.15, 0.2) is 0 Å². The van der Waals surface area contributed by atoms with Gasteiger partial charge < -0.3 is 15.4 Å². The molecule has 0 bridgehead atoms. The van der Waals surface area contributed by atoms with Crippen LogP contribution in [-0.2, 0) is 19.1 Å². The number of hydrogen-bond donors (Lipinski definition) is 2. The number of nitrogens with zero attached hydrogens (tertiary/aromatic N) is 1. The van der Waals surface area contributed by atoms with Crippen molar-refractivity contribution < 1.29 is 19.1 Å². The Bertz CT molecular complexity index is 418. The lowest BCUT2D eigenvalue weighted by molar-refractivity contribution is -0.146. The van der Waals surface area contributed by atoms with Crippen LogP contribution in [0.5, 0.6) is 0 Å². The molecule has 2 N–H and O–H groups in total. The molecule has 0 heterocycles. The predicted molar refractivity (Wildman–Crippen MR) is 88.8 cm³/mol. The Morgan fingerprint density at radius 2 is 1.65 bits per heavy atom. The minimum atomic E-state index is -0.672. The van der Waals surface area contributed by atoms with E-state index in [0.717, 1.165) is 6.42 Å². The maximum atomic E-state index is 12.1. The Labute approximate surface area is 139 Å². The van der Waals surface area contributed by atoms with Crippen molar-refractivity contribution in [1.29, 1.82) is 0 Å². The summed E-state index contributed by atoms with van der Waals surface area (Å²) >= 11 is 0. The lowest BCUT2D eigenvalue weighted by Gasteiger charge is -2.25. The SMILES string of the molecule is CC[C@@H](C)[C@H](NC(=O)CN(C)CC(=O)NC(C)(C)C)C(=O)OC. The molecule has 0 aromatic rings. The normalized spacial score (nSPS) is 14.1. The highest BCUT2D eigenvalue weighted by atomic mass is 16.5. The van der Waals surface area contributed by atoms with Crippen molar-refractivity contribution in [3.8, 4) is 0 Å². The molecular weight excluding hydrogens is 298 g/mol. The van der Waals surface area contributed by atoms with E-state index in [0.29, 0.717) is 0 Å². The van der Waals surface area contributed by atoms with Crippen LogP contribution < -0.4 is 10.6 Å². The van der Waals surface area contributed by atoms with Crippen molar-refractivity contribution in [3.63, 3.8) is 0 Å². The highest BCUT2D eigenvalue weighted by Gasteiger charge is 2.27. The number of methoxy groups -OCH3 is 1. The van der Waals surface area contributed by atoms with Crippen LogP contribution in [0.3, 0.4) is 0 Å². The average molecular weight is 329 g/mol. The first-order valence-corrected chi connectivity index (χ1v) is 7.86. The number of hydrogen-bond acceptors (Lipinski definition) is 5. The number of ether oxygens (including phenoxy) is 1. The molecule has 0 radical (unpaired) electrons. The molecule has 2 amide bonds. The van der Waals surface area contributed by atoms with E-state index >= 15 is 0 Å². The van der Waals surface area contributed by atoms with E-state index in [1.807, 2.05) is 34.6 Å². The van der Waals surface area contributed by atoms with Crippen LogP contribution in [0.1, 0.15) is 41.0 Å². The van der Waals surface area contributed by atoms with Gasteiger partial charge in [-0.3, -0.25) is 14.5 Å².